The minimum atomic E-state index is -0.536. The molecule has 1 heterocycles. The number of carbonyl (C=O) groups excluding carboxylic acids is 1. The topological polar surface area (TPSA) is 85.1 Å². The molecule has 0 aliphatic rings. The monoisotopic (exact) mass is 335 g/mol. The normalized spacial score (nSPS) is 10.1. The Bertz CT molecular complexity index is 647. The number of rotatable bonds is 4. The quantitative estimate of drug-likeness (QED) is 0.687. The van der Waals surface area contributed by atoms with Crippen LogP contribution in [0.1, 0.15) is 15.9 Å². The number of nitrogens with one attached hydrogen (secondary N) is 1. The van der Waals surface area contributed by atoms with E-state index in [1.165, 1.54) is 18.2 Å². The van der Waals surface area contributed by atoms with E-state index in [1.54, 1.807) is 24.5 Å². The van der Waals surface area contributed by atoms with Crippen LogP contribution < -0.4 is 5.32 Å². The van der Waals surface area contributed by atoms with Crippen molar-refractivity contribution in [3.05, 3.63) is 68.4 Å². The molecule has 1 N–H and O–H groups in total. The Kier molecular flexibility index (Phi) is 4.41. The second kappa shape index (κ2) is 6.25. The van der Waals surface area contributed by atoms with Crippen LogP contribution in [0.3, 0.4) is 0 Å². The lowest BCUT2D eigenvalue weighted by Gasteiger charge is -2.06. The third kappa shape index (κ3) is 3.39. The molecule has 0 radical (unpaired) electrons. The highest BCUT2D eigenvalue weighted by Crippen LogP contribution is 2.22. The Morgan fingerprint density at radius 2 is 2.00 bits per heavy atom. The van der Waals surface area contributed by atoms with Crippen molar-refractivity contribution in [2.45, 2.75) is 6.54 Å². The van der Waals surface area contributed by atoms with Crippen LogP contribution in [-0.2, 0) is 6.54 Å². The van der Waals surface area contributed by atoms with Crippen LogP contribution in [0.5, 0.6) is 0 Å². The molecule has 0 aliphatic heterocycles. The van der Waals surface area contributed by atoms with Gasteiger partial charge in [-0.1, -0.05) is 0 Å². The van der Waals surface area contributed by atoms with Gasteiger partial charge in [0.2, 0.25) is 0 Å². The molecule has 6 nitrogen and oxygen atoms in total. The summed E-state index contributed by atoms with van der Waals surface area (Å²) in [5.74, 6) is -0.377. The molecule has 0 spiro atoms. The number of aromatic nitrogens is 1. The summed E-state index contributed by atoms with van der Waals surface area (Å²) in [6.07, 6.45) is 3.26. The van der Waals surface area contributed by atoms with Crippen LogP contribution in [0.25, 0.3) is 0 Å². The number of nitro groups is 1. The molecule has 2 aromatic rings. The number of amides is 1. The van der Waals surface area contributed by atoms with E-state index in [0.29, 0.717) is 11.0 Å². The molecule has 0 fully saturated rings. The largest absolute Gasteiger partial charge is 0.348 e. The van der Waals surface area contributed by atoms with Crippen molar-refractivity contribution in [3.8, 4) is 0 Å². The molecular weight excluding hydrogens is 326 g/mol. The van der Waals surface area contributed by atoms with Gasteiger partial charge in [0.1, 0.15) is 0 Å². The summed E-state index contributed by atoms with van der Waals surface area (Å²) in [6.45, 7) is 0.330. The van der Waals surface area contributed by atoms with Gasteiger partial charge in [-0.2, -0.15) is 0 Å². The fourth-order valence-electron chi connectivity index (χ4n) is 1.58. The van der Waals surface area contributed by atoms with Crippen LogP contribution in [0.4, 0.5) is 5.69 Å². The van der Waals surface area contributed by atoms with Crippen LogP contribution in [0, 0.1) is 10.1 Å². The molecule has 1 amide bonds. The Morgan fingerprint density at radius 3 is 2.65 bits per heavy atom. The number of pyridine rings is 1. The van der Waals surface area contributed by atoms with Gasteiger partial charge in [-0.15, -0.1) is 0 Å². The first-order valence-corrected chi connectivity index (χ1v) is 6.48. The Hall–Kier alpha value is -2.28. The first kappa shape index (κ1) is 14.1. The van der Waals surface area contributed by atoms with Crippen molar-refractivity contribution in [3.63, 3.8) is 0 Å². The summed E-state index contributed by atoms with van der Waals surface area (Å²) in [5.41, 5.74) is 1.01. The average molecular weight is 336 g/mol. The molecule has 1 aromatic carbocycles. The SMILES string of the molecule is O=C(NCc1ccncc1)c1cc([N+](=O)[O-])ccc1Br. The average Bonchev–Trinajstić information content (AvgIpc) is 2.46. The molecule has 2 rings (SSSR count). The Balaban J connectivity index is 2.13. The molecule has 102 valence electrons. The summed E-state index contributed by atoms with van der Waals surface area (Å²) < 4.78 is 0.510. The standard InChI is InChI=1S/C13H10BrN3O3/c14-12-2-1-10(17(19)20)7-11(12)13(18)16-8-9-3-5-15-6-4-9/h1-7H,8H2,(H,16,18). The van der Waals surface area contributed by atoms with E-state index >= 15 is 0 Å². The number of hydrogen-bond donors (Lipinski definition) is 1. The van der Waals surface area contributed by atoms with Crippen LogP contribution in [-0.4, -0.2) is 15.8 Å². The molecule has 0 atom stereocenters. The fraction of sp³-hybridized carbons (Fsp3) is 0.0769. The first-order chi connectivity index (χ1) is 9.58. The van der Waals surface area contributed by atoms with Crippen molar-refractivity contribution in [1.82, 2.24) is 10.3 Å². The first-order valence-electron chi connectivity index (χ1n) is 5.69. The number of non-ortho nitro benzene ring substituents is 1. The summed E-state index contributed by atoms with van der Waals surface area (Å²) >= 11 is 3.21. The Labute approximate surface area is 123 Å². The van der Waals surface area contributed by atoms with E-state index in [1.807, 2.05) is 0 Å². The van der Waals surface area contributed by atoms with Gasteiger partial charge < -0.3 is 5.32 Å². The maximum atomic E-state index is 12.0. The van der Waals surface area contributed by atoms with Crippen LogP contribution in [0.15, 0.2) is 47.2 Å². The molecule has 0 saturated heterocycles. The van der Waals surface area contributed by atoms with Gasteiger partial charge in [-0.05, 0) is 39.7 Å². The van der Waals surface area contributed by atoms with Gasteiger partial charge >= 0.3 is 0 Å². The molecular formula is C13H10BrN3O3. The summed E-state index contributed by atoms with van der Waals surface area (Å²) in [6, 6.07) is 7.63. The summed E-state index contributed by atoms with van der Waals surface area (Å²) in [4.78, 5) is 26.1. The highest BCUT2D eigenvalue weighted by Gasteiger charge is 2.15. The molecule has 0 bridgehead atoms. The van der Waals surface area contributed by atoms with Gasteiger partial charge in [-0.25, -0.2) is 0 Å². The van der Waals surface area contributed by atoms with E-state index in [0.717, 1.165) is 5.56 Å². The number of nitro benzene ring substituents is 1. The molecule has 0 unspecified atom stereocenters. The maximum absolute atomic E-state index is 12.0. The Morgan fingerprint density at radius 1 is 1.30 bits per heavy atom. The molecule has 1 aromatic heterocycles. The van der Waals surface area contributed by atoms with E-state index in [9.17, 15) is 14.9 Å². The van der Waals surface area contributed by atoms with Crippen molar-refractivity contribution in [2.75, 3.05) is 0 Å². The number of nitrogens with zero attached hydrogens (tertiary/aromatic N) is 2. The zero-order valence-electron chi connectivity index (χ0n) is 10.2. The fourth-order valence-corrected chi connectivity index (χ4v) is 2.01. The molecule has 7 heteroatoms. The minimum absolute atomic E-state index is 0.123. The van der Waals surface area contributed by atoms with Gasteiger partial charge in [0.25, 0.3) is 11.6 Å². The van der Waals surface area contributed by atoms with E-state index < -0.39 is 4.92 Å². The zero-order chi connectivity index (χ0) is 14.5. The number of hydrogen-bond acceptors (Lipinski definition) is 4. The maximum Gasteiger partial charge on any atom is 0.270 e. The zero-order valence-corrected chi connectivity index (χ0v) is 11.8. The van der Waals surface area contributed by atoms with E-state index in [4.69, 9.17) is 0 Å². The van der Waals surface area contributed by atoms with Crippen LogP contribution >= 0.6 is 15.9 Å². The predicted molar refractivity (Wildman–Crippen MR) is 76.2 cm³/mol. The van der Waals surface area contributed by atoms with E-state index in [2.05, 4.69) is 26.2 Å². The van der Waals surface area contributed by atoms with Gasteiger partial charge in [0.15, 0.2) is 0 Å². The van der Waals surface area contributed by atoms with E-state index in [-0.39, 0.29) is 17.2 Å². The summed E-state index contributed by atoms with van der Waals surface area (Å²) in [5, 5.41) is 13.4. The minimum Gasteiger partial charge on any atom is -0.348 e. The molecule has 0 saturated carbocycles. The number of benzene rings is 1. The lowest BCUT2D eigenvalue weighted by Crippen LogP contribution is -2.23. The number of halogens is 1. The highest BCUT2D eigenvalue weighted by atomic mass is 79.9. The molecule has 0 aliphatic carbocycles. The summed E-state index contributed by atoms with van der Waals surface area (Å²) in [7, 11) is 0. The van der Waals surface area contributed by atoms with Crippen molar-refractivity contribution < 1.29 is 9.72 Å². The second-order valence-electron chi connectivity index (χ2n) is 3.96. The van der Waals surface area contributed by atoms with Gasteiger partial charge in [0.05, 0.1) is 10.5 Å². The van der Waals surface area contributed by atoms with Crippen LogP contribution in [0.2, 0.25) is 0 Å². The lowest BCUT2D eigenvalue weighted by molar-refractivity contribution is -0.384. The van der Waals surface area contributed by atoms with Gasteiger partial charge in [-0.3, -0.25) is 19.9 Å². The van der Waals surface area contributed by atoms with Gasteiger partial charge in [0, 0.05) is 35.5 Å². The van der Waals surface area contributed by atoms with Crippen molar-refractivity contribution in [2.24, 2.45) is 0 Å². The predicted octanol–water partition coefficient (Wildman–Crippen LogP) is 2.68. The second-order valence-corrected chi connectivity index (χ2v) is 4.81. The lowest BCUT2D eigenvalue weighted by atomic mass is 10.2. The third-order valence-electron chi connectivity index (χ3n) is 2.61. The highest BCUT2D eigenvalue weighted by molar-refractivity contribution is 9.10. The number of carbonyl (C=O) groups is 1. The molecule has 20 heavy (non-hydrogen) atoms. The van der Waals surface area contributed by atoms with Crippen molar-refractivity contribution >= 4 is 27.5 Å². The third-order valence-corrected chi connectivity index (χ3v) is 3.30. The smallest absolute Gasteiger partial charge is 0.270 e. The van der Waals surface area contributed by atoms with Crippen molar-refractivity contribution in [1.29, 1.82) is 0 Å².